The number of piperidine rings is 1. The number of fused-ring (bicyclic) bond motifs is 1. The third-order valence-electron chi connectivity index (χ3n) is 5.23. The fourth-order valence-electron chi connectivity index (χ4n) is 3.72. The third kappa shape index (κ3) is 3.93. The zero-order chi connectivity index (χ0) is 17.9. The lowest BCUT2D eigenvalue weighted by atomic mass is 10.1. The number of hydrogen-bond acceptors (Lipinski definition) is 6. The van der Waals surface area contributed by atoms with Gasteiger partial charge in [0.25, 0.3) is 0 Å². The molecule has 2 aliphatic heterocycles. The van der Waals surface area contributed by atoms with Crippen LogP contribution in [0.1, 0.15) is 18.7 Å². The highest BCUT2D eigenvalue weighted by molar-refractivity contribution is 6.31. The smallest absolute Gasteiger partial charge is 0.145 e. The van der Waals surface area contributed by atoms with Gasteiger partial charge in [0.15, 0.2) is 0 Å². The van der Waals surface area contributed by atoms with E-state index < -0.39 is 0 Å². The summed E-state index contributed by atoms with van der Waals surface area (Å²) in [4.78, 5) is 14.4. The van der Waals surface area contributed by atoms with E-state index in [4.69, 9.17) is 31.0 Å². The highest BCUT2D eigenvalue weighted by Gasteiger charge is 2.22. The van der Waals surface area contributed by atoms with Crippen molar-refractivity contribution in [3.8, 4) is 0 Å². The molecule has 2 saturated heterocycles. The summed E-state index contributed by atoms with van der Waals surface area (Å²) in [7, 11) is 1.80. The van der Waals surface area contributed by atoms with E-state index in [-0.39, 0.29) is 0 Å². The highest BCUT2D eigenvalue weighted by Crippen LogP contribution is 2.28. The average Bonchev–Trinajstić information content (AvgIpc) is 2.69. The Hall–Kier alpha value is -1.47. The van der Waals surface area contributed by atoms with Crippen molar-refractivity contribution in [1.29, 1.82) is 0 Å². The van der Waals surface area contributed by atoms with Crippen molar-refractivity contribution in [1.82, 2.24) is 14.9 Å². The first-order valence-electron chi connectivity index (χ1n) is 9.27. The van der Waals surface area contributed by atoms with Crippen LogP contribution in [0, 0.1) is 0 Å². The molecule has 3 heterocycles. The van der Waals surface area contributed by atoms with Crippen LogP contribution in [-0.2, 0) is 16.0 Å². The molecule has 1 aromatic heterocycles. The fraction of sp³-hybridized carbons (Fsp3) is 0.579. The molecule has 6 nitrogen and oxygen atoms in total. The van der Waals surface area contributed by atoms with Crippen LogP contribution in [0.25, 0.3) is 10.9 Å². The zero-order valence-corrected chi connectivity index (χ0v) is 15.9. The number of methoxy groups -OCH3 is 1. The van der Waals surface area contributed by atoms with E-state index in [1.54, 1.807) is 7.11 Å². The quantitative estimate of drug-likeness (QED) is 0.817. The van der Waals surface area contributed by atoms with Gasteiger partial charge in [-0.3, -0.25) is 4.90 Å². The maximum Gasteiger partial charge on any atom is 0.145 e. The summed E-state index contributed by atoms with van der Waals surface area (Å²) in [6.07, 6.45) is 2.52. The van der Waals surface area contributed by atoms with Gasteiger partial charge in [-0.25, -0.2) is 9.97 Å². The molecule has 2 aliphatic rings. The molecule has 0 spiro atoms. The molecule has 0 unspecified atom stereocenters. The van der Waals surface area contributed by atoms with Gasteiger partial charge in [0.05, 0.1) is 31.4 Å². The SMILES string of the molecule is COC1CCN(Cc2nc(N3CCOCC3)c3cc(Cl)ccc3n2)CC1. The number of rotatable bonds is 4. The molecule has 4 rings (SSSR count). The lowest BCUT2D eigenvalue weighted by Crippen LogP contribution is -2.38. The Balaban J connectivity index is 1.62. The van der Waals surface area contributed by atoms with Gasteiger partial charge in [0, 0.05) is 43.7 Å². The molecule has 0 N–H and O–H groups in total. The molecule has 0 saturated carbocycles. The maximum atomic E-state index is 6.23. The van der Waals surface area contributed by atoms with E-state index in [1.807, 2.05) is 18.2 Å². The minimum Gasteiger partial charge on any atom is -0.381 e. The summed E-state index contributed by atoms with van der Waals surface area (Å²) in [6.45, 7) is 5.96. The monoisotopic (exact) mass is 376 g/mol. The van der Waals surface area contributed by atoms with Gasteiger partial charge in [-0.2, -0.15) is 0 Å². The lowest BCUT2D eigenvalue weighted by molar-refractivity contribution is 0.0382. The molecule has 0 amide bonds. The van der Waals surface area contributed by atoms with Crippen LogP contribution in [0.4, 0.5) is 5.82 Å². The second-order valence-electron chi connectivity index (χ2n) is 6.94. The Labute approximate surface area is 159 Å². The first kappa shape index (κ1) is 17.9. The standard InChI is InChI=1S/C19H25ClN4O2/c1-25-15-4-6-23(7-5-15)13-18-21-17-3-2-14(20)12-16(17)19(22-18)24-8-10-26-11-9-24/h2-3,12,15H,4-11,13H2,1H3. The van der Waals surface area contributed by atoms with E-state index in [0.29, 0.717) is 11.1 Å². The Kier molecular flexibility index (Phi) is 5.55. The van der Waals surface area contributed by atoms with Crippen LogP contribution in [0.3, 0.4) is 0 Å². The van der Waals surface area contributed by atoms with E-state index in [1.165, 1.54) is 0 Å². The normalized spacial score (nSPS) is 20.0. The highest BCUT2D eigenvalue weighted by atomic mass is 35.5. The van der Waals surface area contributed by atoms with Crippen LogP contribution >= 0.6 is 11.6 Å². The predicted octanol–water partition coefficient (Wildman–Crippen LogP) is 2.73. The number of nitrogens with zero attached hydrogens (tertiary/aromatic N) is 4. The maximum absolute atomic E-state index is 6.23. The van der Waals surface area contributed by atoms with Gasteiger partial charge in [-0.1, -0.05) is 11.6 Å². The Morgan fingerprint density at radius 1 is 1.15 bits per heavy atom. The summed E-state index contributed by atoms with van der Waals surface area (Å²) in [6, 6.07) is 5.85. The van der Waals surface area contributed by atoms with Crippen molar-refractivity contribution in [3.63, 3.8) is 0 Å². The van der Waals surface area contributed by atoms with Crippen molar-refractivity contribution in [2.24, 2.45) is 0 Å². The second-order valence-corrected chi connectivity index (χ2v) is 7.37. The molecule has 0 aliphatic carbocycles. The van der Waals surface area contributed by atoms with Crippen molar-refractivity contribution in [2.45, 2.75) is 25.5 Å². The minimum atomic E-state index is 0.384. The number of ether oxygens (including phenoxy) is 2. The molecular weight excluding hydrogens is 352 g/mol. The van der Waals surface area contributed by atoms with Crippen LogP contribution < -0.4 is 4.90 Å². The second kappa shape index (κ2) is 8.05. The van der Waals surface area contributed by atoms with Crippen LogP contribution in [-0.4, -0.2) is 67.5 Å². The Bertz CT molecular complexity index is 759. The molecule has 2 fully saturated rings. The number of hydrogen-bond donors (Lipinski definition) is 0. The van der Waals surface area contributed by atoms with Gasteiger partial charge < -0.3 is 14.4 Å². The Morgan fingerprint density at radius 3 is 2.65 bits per heavy atom. The van der Waals surface area contributed by atoms with Crippen LogP contribution in [0.5, 0.6) is 0 Å². The molecule has 1 aromatic carbocycles. The summed E-state index contributed by atoms with van der Waals surface area (Å²) in [5, 5.41) is 1.73. The van der Waals surface area contributed by atoms with E-state index in [2.05, 4.69) is 9.80 Å². The molecule has 2 aromatic rings. The number of likely N-dealkylation sites (tertiary alicyclic amines) is 1. The van der Waals surface area contributed by atoms with Crippen molar-refractivity contribution >= 4 is 28.3 Å². The lowest BCUT2D eigenvalue weighted by Gasteiger charge is -2.31. The number of benzene rings is 1. The summed E-state index contributed by atoms with van der Waals surface area (Å²) in [5.41, 5.74) is 0.952. The third-order valence-corrected chi connectivity index (χ3v) is 5.46. The summed E-state index contributed by atoms with van der Waals surface area (Å²) >= 11 is 6.23. The fourth-order valence-corrected chi connectivity index (χ4v) is 3.89. The number of aromatic nitrogens is 2. The van der Waals surface area contributed by atoms with Crippen LogP contribution in [0.2, 0.25) is 5.02 Å². The largest absolute Gasteiger partial charge is 0.381 e. The zero-order valence-electron chi connectivity index (χ0n) is 15.2. The topological polar surface area (TPSA) is 50.7 Å². The van der Waals surface area contributed by atoms with E-state index in [0.717, 1.165) is 81.3 Å². The average molecular weight is 377 g/mol. The van der Waals surface area contributed by atoms with Gasteiger partial charge in [0.1, 0.15) is 11.6 Å². The molecule has 0 bridgehead atoms. The number of morpholine rings is 1. The van der Waals surface area contributed by atoms with Gasteiger partial charge in [0.2, 0.25) is 0 Å². The molecule has 140 valence electrons. The van der Waals surface area contributed by atoms with Gasteiger partial charge >= 0.3 is 0 Å². The molecule has 0 atom stereocenters. The number of anilines is 1. The van der Waals surface area contributed by atoms with Crippen molar-refractivity contribution in [2.75, 3.05) is 51.4 Å². The molecular formula is C19H25ClN4O2. The summed E-state index contributed by atoms with van der Waals surface area (Å²) < 4.78 is 11.0. The van der Waals surface area contributed by atoms with Crippen molar-refractivity contribution in [3.05, 3.63) is 29.0 Å². The molecule has 0 radical (unpaired) electrons. The minimum absolute atomic E-state index is 0.384. The van der Waals surface area contributed by atoms with Crippen LogP contribution in [0.15, 0.2) is 18.2 Å². The van der Waals surface area contributed by atoms with Crippen molar-refractivity contribution < 1.29 is 9.47 Å². The first-order valence-corrected chi connectivity index (χ1v) is 9.65. The first-order chi connectivity index (χ1) is 12.7. The van der Waals surface area contributed by atoms with E-state index >= 15 is 0 Å². The van der Waals surface area contributed by atoms with E-state index in [9.17, 15) is 0 Å². The summed E-state index contributed by atoms with van der Waals surface area (Å²) in [5.74, 6) is 1.85. The molecule has 7 heteroatoms. The number of halogens is 1. The van der Waals surface area contributed by atoms with Gasteiger partial charge in [-0.05, 0) is 31.0 Å². The predicted molar refractivity (Wildman–Crippen MR) is 103 cm³/mol. The Morgan fingerprint density at radius 2 is 1.92 bits per heavy atom. The molecule has 26 heavy (non-hydrogen) atoms. The van der Waals surface area contributed by atoms with Gasteiger partial charge in [-0.15, -0.1) is 0 Å².